The smallest absolute Gasteiger partial charge is 0.0483 e. The van der Waals surface area contributed by atoms with Crippen LogP contribution in [0.15, 0.2) is 0 Å². The zero-order valence-electron chi connectivity index (χ0n) is 5.65. The van der Waals surface area contributed by atoms with Gasteiger partial charge in [-0.05, 0) is 0 Å². The molecule has 1 rings (SSSR count). The summed E-state index contributed by atoms with van der Waals surface area (Å²) in [4.78, 5) is 0. The Labute approximate surface area is 50.9 Å². The first-order valence-corrected chi connectivity index (χ1v) is 3.25. The molecule has 0 saturated carbocycles. The van der Waals surface area contributed by atoms with Gasteiger partial charge in [-0.25, -0.2) is 0 Å². The summed E-state index contributed by atoms with van der Waals surface area (Å²) in [5.74, 6) is 0.560. The Bertz CT molecular complexity index is 41.0. The lowest BCUT2D eigenvalue weighted by atomic mass is 10.1. The van der Waals surface area contributed by atoms with Gasteiger partial charge in [0.1, 0.15) is 0 Å². The fourth-order valence-corrected chi connectivity index (χ4v) is 0.478. The molecule has 0 radical (unpaired) electrons. The molecule has 0 aromatic rings. The van der Waals surface area contributed by atoms with Crippen LogP contribution in [0, 0.1) is 5.92 Å². The van der Waals surface area contributed by atoms with Gasteiger partial charge in [-0.3, -0.25) is 0 Å². The van der Waals surface area contributed by atoms with E-state index >= 15 is 0 Å². The van der Waals surface area contributed by atoms with Gasteiger partial charge in [-0.15, -0.1) is 0 Å². The molecule has 1 fully saturated rings. The third kappa shape index (κ3) is 2.28. The highest BCUT2D eigenvalue weighted by molar-refractivity contribution is 4.72. The zero-order chi connectivity index (χ0) is 6.41. The van der Waals surface area contributed by atoms with E-state index < -0.39 is 0 Å². The molecule has 0 aromatic heterocycles. The largest absolute Gasteiger partial charge is 0.396 e. The van der Waals surface area contributed by atoms with Crippen molar-refractivity contribution in [2.75, 3.05) is 19.7 Å². The molecule has 2 heteroatoms. The third-order valence-corrected chi connectivity index (χ3v) is 1.12. The van der Waals surface area contributed by atoms with Gasteiger partial charge in [0.15, 0.2) is 0 Å². The second-order valence-electron chi connectivity index (χ2n) is 1.71. The van der Waals surface area contributed by atoms with Crippen molar-refractivity contribution in [3.63, 3.8) is 0 Å². The summed E-state index contributed by atoms with van der Waals surface area (Å²) in [6.45, 7) is 6.38. The van der Waals surface area contributed by atoms with E-state index in [-0.39, 0.29) is 0 Å². The van der Waals surface area contributed by atoms with Gasteiger partial charge in [-0.2, -0.15) is 0 Å². The minimum absolute atomic E-state index is 0.354. The van der Waals surface area contributed by atoms with Crippen molar-refractivity contribution in [2.45, 2.75) is 13.8 Å². The number of nitrogens with one attached hydrogen (secondary N) is 1. The van der Waals surface area contributed by atoms with E-state index in [2.05, 4.69) is 5.32 Å². The second kappa shape index (κ2) is 5.06. The van der Waals surface area contributed by atoms with Gasteiger partial charge >= 0.3 is 0 Å². The maximum Gasteiger partial charge on any atom is 0.0483 e. The Morgan fingerprint density at radius 1 is 1.50 bits per heavy atom. The minimum Gasteiger partial charge on any atom is -0.396 e. The van der Waals surface area contributed by atoms with Gasteiger partial charge < -0.3 is 10.4 Å². The molecule has 0 spiro atoms. The molecule has 8 heavy (non-hydrogen) atoms. The van der Waals surface area contributed by atoms with Crippen molar-refractivity contribution >= 4 is 0 Å². The van der Waals surface area contributed by atoms with Crippen molar-refractivity contribution in [1.82, 2.24) is 5.32 Å². The van der Waals surface area contributed by atoms with E-state index in [9.17, 15) is 0 Å². The van der Waals surface area contributed by atoms with Gasteiger partial charge in [0, 0.05) is 25.6 Å². The lowest BCUT2D eigenvalue weighted by Gasteiger charge is -2.24. The highest BCUT2D eigenvalue weighted by Crippen LogP contribution is 1.98. The average molecular weight is 117 g/mol. The van der Waals surface area contributed by atoms with E-state index in [1.807, 2.05) is 13.8 Å². The van der Waals surface area contributed by atoms with Crippen molar-refractivity contribution in [3.05, 3.63) is 0 Å². The highest BCUT2D eigenvalue weighted by Gasteiger charge is 2.13. The van der Waals surface area contributed by atoms with Crippen LogP contribution in [0.1, 0.15) is 13.8 Å². The molecule has 0 aliphatic carbocycles. The molecular weight excluding hydrogens is 102 g/mol. The normalized spacial score (nSPS) is 18.4. The van der Waals surface area contributed by atoms with Crippen LogP contribution in [0.4, 0.5) is 0 Å². The minimum atomic E-state index is 0.354. The van der Waals surface area contributed by atoms with Crippen LogP contribution in [0.25, 0.3) is 0 Å². The summed E-state index contributed by atoms with van der Waals surface area (Å²) in [5, 5.41) is 11.4. The molecule has 50 valence electrons. The van der Waals surface area contributed by atoms with Crippen LogP contribution < -0.4 is 5.32 Å². The zero-order valence-corrected chi connectivity index (χ0v) is 5.65. The monoisotopic (exact) mass is 117 g/mol. The molecule has 0 unspecified atom stereocenters. The maximum atomic E-state index is 8.35. The molecule has 1 heterocycles. The van der Waals surface area contributed by atoms with E-state index in [4.69, 9.17) is 5.11 Å². The van der Waals surface area contributed by atoms with Gasteiger partial charge in [0.2, 0.25) is 0 Å². The number of aliphatic hydroxyl groups is 1. The van der Waals surface area contributed by atoms with Gasteiger partial charge in [0.05, 0.1) is 0 Å². The van der Waals surface area contributed by atoms with E-state index in [0.717, 1.165) is 13.1 Å². The van der Waals surface area contributed by atoms with Crippen LogP contribution in [0.3, 0.4) is 0 Å². The molecule has 0 aromatic carbocycles. The van der Waals surface area contributed by atoms with Crippen LogP contribution in [0.5, 0.6) is 0 Å². The topological polar surface area (TPSA) is 32.3 Å². The summed E-state index contributed by atoms with van der Waals surface area (Å²) >= 11 is 0. The molecular formula is C6H15NO. The number of hydrogen-bond acceptors (Lipinski definition) is 2. The van der Waals surface area contributed by atoms with E-state index in [0.29, 0.717) is 12.5 Å². The van der Waals surface area contributed by atoms with Gasteiger partial charge in [0.25, 0.3) is 0 Å². The Morgan fingerprint density at radius 3 is 2.00 bits per heavy atom. The third-order valence-electron chi connectivity index (χ3n) is 1.12. The summed E-state index contributed by atoms with van der Waals surface area (Å²) in [6.07, 6.45) is 0. The Morgan fingerprint density at radius 2 is 2.00 bits per heavy atom. The quantitative estimate of drug-likeness (QED) is 0.515. The lowest BCUT2D eigenvalue weighted by molar-refractivity contribution is 0.180. The standard InChI is InChI=1S/C4H9NO.C2H6/c6-3-4-1-5-2-4;1-2/h4-6H,1-3H2;1-2H3. The Kier molecular flexibility index (Phi) is 5.01. The van der Waals surface area contributed by atoms with Crippen molar-refractivity contribution in [1.29, 1.82) is 0 Å². The highest BCUT2D eigenvalue weighted by atomic mass is 16.3. The summed E-state index contributed by atoms with van der Waals surface area (Å²) in [5.41, 5.74) is 0. The molecule has 1 aliphatic heterocycles. The molecule has 2 nitrogen and oxygen atoms in total. The number of aliphatic hydroxyl groups excluding tert-OH is 1. The SMILES string of the molecule is CC.OCC1CNC1. The number of hydrogen-bond donors (Lipinski definition) is 2. The fraction of sp³-hybridized carbons (Fsp3) is 1.00. The molecule has 0 atom stereocenters. The predicted octanol–water partition coefficient (Wildman–Crippen LogP) is 0.224. The maximum absolute atomic E-state index is 8.35. The molecule has 1 aliphatic rings. The van der Waals surface area contributed by atoms with Crippen molar-refractivity contribution < 1.29 is 5.11 Å². The summed E-state index contributed by atoms with van der Waals surface area (Å²) in [6, 6.07) is 0. The lowest BCUT2D eigenvalue weighted by Crippen LogP contribution is -2.43. The average Bonchev–Trinajstić information content (AvgIpc) is 1.69. The van der Waals surface area contributed by atoms with Crippen molar-refractivity contribution in [3.8, 4) is 0 Å². The van der Waals surface area contributed by atoms with Crippen LogP contribution >= 0.6 is 0 Å². The molecule has 2 N–H and O–H groups in total. The molecule has 1 saturated heterocycles. The predicted molar refractivity (Wildman–Crippen MR) is 34.8 cm³/mol. The van der Waals surface area contributed by atoms with Crippen LogP contribution in [-0.4, -0.2) is 24.8 Å². The number of rotatable bonds is 1. The summed E-state index contributed by atoms with van der Waals surface area (Å²) < 4.78 is 0. The fourth-order valence-electron chi connectivity index (χ4n) is 0.478. The van der Waals surface area contributed by atoms with Crippen molar-refractivity contribution in [2.24, 2.45) is 5.92 Å². The Hall–Kier alpha value is -0.0800. The first kappa shape index (κ1) is 7.92. The van der Waals surface area contributed by atoms with Gasteiger partial charge in [-0.1, -0.05) is 13.8 Å². The summed E-state index contributed by atoms with van der Waals surface area (Å²) in [7, 11) is 0. The Balaban J connectivity index is 0.000000222. The molecule has 0 bridgehead atoms. The molecule has 0 amide bonds. The van der Waals surface area contributed by atoms with Crippen LogP contribution in [-0.2, 0) is 0 Å². The van der Waals surface area contributed by atoms with E-state index in [1.54, 1.807) is 0 Å². The first-order valence-electron chi connectivity index (χ1n) is 3.25. The first-order chi connectivity index (χ1) is 3.93. The van der Waals surface area contributed by atoms with Crippen LogP contribution in [0.2, 0.25) is 0 Å². The second-order valence-corrected chi connectivity index (χ2v) is 1.71. The van der Waals surface area contributed by atoms with E-state index in [1.165, 1.54) is 0 Å².